The number of carbonyl (C=O) groups excluding carboxylic acids is 2. The van der Waals surface area contributed by atoms with Crippen molar-refractivity contribution in [3.8, 4) is 0 Å². The Labute approximate surface area is 126 Å². The van der Waals surface area contributed by atoms with Gasteiger partial charge in [-0.3, -0.25) is 4.79 Å². The Hall–Kier alpha value is -1.56. The first-order chi connectivity index (χ1) is 9.60. The molecule has 2 rings (SSSR count). The molecule has 0 radical (unpaired) electrons. The van der Waals surface area contributed by atoms with E-state index in [9.17, 15) is 9.59 Å². The molecule has 1 saturated heterocycles. The highest BCUT2D eigenvalue weighted by Gasteiger charge is 2.24. The van der Waals surface area contributed by atoms with E-state index >= 15 is 0 Å². The summed E-state index contributed by atoms with van der Waals surface area (Å²) in [5.41, 5.74) is 0.679. The molecule has 0 unspecified atom stereocenters. The highest BCUT2D eigenvalue weighted by Crippen LogP contribution is 2.17. The van der Waals surface area contributed by atoms with Crippen molar-refractivity contribution < 1.29 is 14.3 Å². The minimum absolute atomic E-state index is 0.0304. The fourth-order valence-corrected chi connectivity index (χ4v) is 2.66. The van der Waals surface area contributed by atoms with Crippen LogP contribution < -0.4 is 5.32 Å². The van der Waals surface area contributed by atoms with E-state index in [1.165, 1.54) is 7.11 Å². The van der Waals surface area contributed by atoms with Gasteiger partial charge >= 0.3 is 6.09 Å². The van der Waals surface area contributed by atoms with Crippen LogP contribution in [0.2, 0.25) is 0 Å². The molecule has 1 aromatic rings. The number of benzene rings is 1. The molecular weight excluding hydrogens is 324 g/mol. The number of nitrogens with one attached hydrogen (secondary N) is 1. The molecule has 1 aromatic carbocycles. The monoisotopic (exact) mass is 340 g/mol. The molecule has 108 valence electrons. The molecule has 6 heteroatoms. The first-order valence-electron chi connectivity index (χ1n) is 6.49. The molecule has 0 atom stereocenters. The van der Waals surface area contributed by atoms with Crippen molar-refractivity contribution in [2.75, 3.05) is 20.2 Å². The van der Waals surface area contributed by atoms with Crippen LogP contribution >= 0.6 is 15.9 Å². The summed E-state index contributed by atoms with van der Waals surface area (Å²) in [7, 11) is 1.35. The molecule has 1 aliphatic rings. The van der Waals surface area contributed by atoms with Gasteiger partial charge in [-0.05, 0) is 31.0 Å². The molecule has 0 aliphatic carbocycles. The Morgan fingerprint density at radius 3 is 2.65 bits per heavy atom. The van der Waals surface area contributed by atoms with E-state index in [-0.39, 0.29) is 11.9 Å². The van der Waals surface area contributed by atoms with E-state index in [2.05, 4.69) is 26.0 Å². The van der Waals surface area contributed by atoms with Crippen molar-refractivity contribution in [1.29, 1.82) is 0 Å². The van der Waals surface area contributed by atoms with Gasteiger partial charge in [0.05, 0.1) is 7.11 Å². The maximum absolute atomic E-state index is 12.3. The lowest BCUT2D eigenvalue weighted by Crippen LogP contribution is -2.46. The average molecular weight is 341 g/mol. The normalized spacial score (nSPS) is 15.8. The Morgan fingerprint density at radius 1 is 1.35 bits per heavy atom. The molecular formula is C14H17BrN2O3. The first kappa shape index (κ1) is 14.8. The van der Waals surface area contributed by atoms with Crippen LogP contribution in [0.1, 0.15) is 23.2 Å². The zero-order chi connectivity index (χ0) is 14.5. The first-order valence-corrected chi connectivity index (χ1v) is 7.29. The minimum atomic E-state index is -0.415. The van der Waals surface area contributed by atoms with Crippen LogP contribution in [0.25, 0.3) is 0 Å². The highest BCUT2D eigenvalue weighted by atomic mass is 79.9. The van der Waals surface area contributed by atoms with Gasteiger partial charge in [-0.15, -0.1) is 0 Å². The average Bonchev–Trinajstić information content (AvgIpc) is 2.47. The second-order valence-electron chi connectivity index (χ2n) is 4.71. The van der Waals surface area contributed by atoms with Gasteiger partial charge in [0.1, 0.15) is 0 Å². The Kier molecular flexibility index (Phi) is 5.00. The van der Waals surface area contributed by atoms with Crippen molar-refractivity contribution in [3.05, 3.63) is 34.3 Å². The summed E-state index contributed by atoms with van der Waals surface area (Å²) >= 11 is 3.37. The Bertz CT molecular complexity index is 499. The van der Waals surface area contributed by atoms with Crippen molar-refractivity contribution in [2.24, 2.45) is 0 Å². The summed E-state index contributed by atoms with van der Waals surface area (Å²) in [6, 6.07) is 7.45. The van der Waals surface area contributed by atoms with Crippen LogP contribution in [-0.2, 0) is 4.74 Å². The molecule has 2 amide bonds. The van der Waals surface area contributed by atoms with Gasteiger partial charge in [0.2, 0.25) is 0 Å². The summed E-state index contributed by atoms with van der Waals surface area (Å²) in [5.74, 6) is 0.0304. The smallest absolute Gasteiger partial charge is 0.407 e. The summed E-state index contributed by atoms with van der Waals surface area (Å²) < 4.78 is 5.47. The van der Waals surface area contributed by atoms with Gasteiger partial charge in [-0.25, -0.2) is 4.79 Å². The molecule has 1 fully saturated rings. The Balaban J connectivity index is 1.90. The molecule has 0 aromatic heterocycles. The van der Waals surface area contributed by atoms with Gasteiger partial charge in [-0.1, -0.05) is 22.0 Å². The number of alkyl carbamates (subject to hydrolysis) is 1. The number of piperidine rings is 1. The van der Waals surface area contributed by atoms with Gasteiger partial charge in [0.25, 0.3) is 5.91 Å². The number of ether oxygens (including phenoxy) is 1. The van der Waals surface area contributed by atoms with Crippen molar-refractivity contribution in [2.45, 2.75) is 18.9 Å². The lowest BCUT2D eigenvalue weighted by Gasteiger charge is -2.32. The third-order valence-corrected chi connectivity index (χ3v) is 3.85. The highest BCUT2D eigenvalue weighted by molar-refractivity contribution is 9.10. The van der Waals surface area contributed by atoms with Crippen LogP contribution in [-0.4, -0.2) is 43.1 Å². The number of hydrogen-bond acceptors (Lipinski definition) is 3. The lowest BCUT2D eigenvalue weighted by molar-refractivity contribution is 0.0704. The maximum Gasteiger partial charge on any atom is 0.407 e. The largest absolute Gasteiger partial charge is 0.453 e. The van der Waals surface area contributed by atoms with E-state index in [0.29, 0.717) is 18.7 Å². The topological polar surface area (TPSA) is 58.6 Å². The summed E-state index contributed by atoms with van der Waals surface area (Å²) in [6.45, 7) is 1.28. The van der Waals surface area contributed by atoms with Crippen LogP contribution in [0, 0.1) is 0 Å². The van der Waals surface area contributed by atoms with Gasteiger partial charge in [-0.2, -0.15) is 0 Å². The second kappa shape index (κ2) is 6.74. The molecule has 1 aliphatic heterocycles. The zero-order valence-electron chi connectivity index (χ0n) is 11.3. The fraction of sp³-hybridized carbons (Fsp3) is 0.429. The van der Waals surface area contributed by atoms with Crippen molar-refractivity contribution >= 4 is 27.9 Å². The van der Waals surface area contributed by atoms with Crippen LogP contribution in [0.3, 0.4) is 0 Å². The number of amides is 2. The predicted octanol–water partition coefficient (Wildman–Crippen LogP) is 2.41. The second-order valence-corrected chi connectivity index (χ2v) is 5.63. The summed E-state index contributed by atoms with van der Waals surface area (Å²) in [5, 5.41) is 2.77. The van der Waals surface area contributed by atoms with Gasteiger partial charge in [0.15, 0.2) is 0 Å². The van der Waals surface area contributed by atoms with E-state index in [1.54, 1.807) is 0 Å². The lowest BCUT2D eigenvalue weighted by atomic mass is 10.0. The fourth-order valence-electron chi connectivity index (χ4n) is 2.26. The molecule has 0 bridgehead atoms. The van der Waals surface area contributed by atoms with Gasteiger partial charge < -0.3 is 15.0 Å². The zero-order valence-corrected chi connectivity index (χ0v) is 12.9. The minimum Gasteiger partial charge on any atom is -0.453 e. The van der Waals surface area contributed by atoms with E-state index < -0.39 is 6.09 Å². The number of halogens is 1. The third-order valence-electron chi connectivity index (χ3n) is 3.36. The molecule has 5 nitrogen and oxygen atoms in total. The van der Waals surface area contributed by atoms with Crippen LogP contribution in [0.15, 0.2) is 28.7 Å². The number of hydrogen-bond donors (Lipinski definition) is 1. The van der Waals surface area contributed by atoms with Crippen LogP contribution in [0.4, 0.5) is 4.79 Å². The molecule has 0 spiro atoms. The van der Waals surface area contributed by atoms with Gasteiger partial charge in [0, 0.05) is 29.2 Å². The number of methoxy groups -OCH3 is 1. The maximum atomic E-state index is 12.3. The Morgan fingerprint density at radius 2 is 2.05 bits per heavy atom. The van der Waals surface area contributed by atoms with Crippen molar-refractivity contribution in [3.63, 3.8) is 0 Å². The molecule has 1 heterocycles. The third kappa shape index (κ3) is 3.72. The summed E-state index contributed by atoms with van der Waals surface area (Å²) in [6.07, 6.45) is 1.07. The van der Waals surface area contributed by atoms with Crippen LogP contribution in [0.5, 0.6) is 0 Å². The van der Waals surface area contributed by atoms with E-state index in [0.717, 1.165) is 17.3 Å². The number of carbonyl (C=O) groups is 2. The quantitative estimate of drug-likeness (QED) is 0.899. The molecule has 1 N–H and O–H groups in total. The molecule has 0 saturated carbocycles. The SMILES string of the molecule is COC(=O)NC1CCN(C(=O)c2cccc(Br)c2)CC1. The predicted molar refractivity (Wildman–Crippen MR) is 78.6 cm³/mol. The van der Waals surface area contributed by atoms with E-state index in [4.69, 9.17) is 0 Å². The van der Waals surface area contributed by atoms with Crippen molar-refractivity contribution in [1.82, 2.24) is 10.2 Å². The standard InChI is InChI=1S/C14H17BrN2O3/c1-20-14(19)16-12-5-7-17(8-6-12)13(18)10-3-2-4-11(15)9-10/h2-4,9,12H,5-8H2,1H3,(H,16,19). The number of nitrogens with zero attached hydrogens (tertiary/aromatic N) is 1. The number of likely N-dealkylation sites (tertiary alicyclic amines) is 1. The molecule has 20 heavy (non-hydrogen) atoms. The van der Waals surface area contributed by atoms with E-state index in [1.807, 2.05) is 29.2 Å². The number of rotatable bonds is 2. The summed E-state index contributed by atoms with van der Waals surface area (Å²) in [4.78, 5) is 25.3.